The van der Waals surface area contributed by atoms with Gasteiger partial charge in [-0.25, -0.2) is 14.2 Å². The lowest BCUT2D eigenvalue weighted by atomic mass is 10.3. The van der Waals surface area contributed by atoms with Crippen molar-refractivity contribution >= 4 is 17.0 Å². The fourth-order valence-electron chi connectivity index (χ4n) is 1.60. The van der Waals surface area contributed by atoms with Crippen LogP contribution in [0.5, 0.6) is 0 Å². The van der Waals surface area contributed by atoms with E-state index in [9.17, 15) is 9.18 Å². The first kappa shape index (κ1) is 9.64. The number of aryl methyl sites for hydroxylation is 1. The topological polar surface area (TPSA) is 55.1 Å². The highest BCUT2D eigenvalue weighted by molar-refractivity contribution is 5.90. The van der Waals surface area contributed by atoms with Crippen LogP contribution in [0, 0.1) is 5.82 Å². The van der Waals surface area contributed by atoms with Crippen LogP contribution >= 0.6 is 0 Å². The predicted molar refractivity (Wildman–Crippen MR) is 52.3 cm³/mol. The van der Waals surface area contributed by atoms with Gasteiger partial charge in [-0.05, 0) is 19.1 Å². The number of carboxylic acid groups (broad SMARTS) is 1. The van der Waals surface area contributed by atoms with Crippen molar-refractivity contribution in [3.05, 3.63) is 29.8 Å². The van der Waals surface area contributed by atoms with E-state index in [0.29, 0.717) is 12.1 Å². The minimum absolute atomic E-state index is 0.108. The summed E-state index contributed by atoms with van der Waals surface area (Å²) < 4.78 is 14.8. The summed E-state index contributed by atoms with van der Waals surface area (Å²) in [5.74, 6) is -1.77. The SMILES string of the molecule is CCn1c(C(=O)O)nc2c(F)cccc21. The number of nitrogens with zero attached hydrogens (tertiary/aromatic N) is 2. The van der Waals surface area contributed by atoms with Crippen LogP contribution in [-0.4, -0.2) is 20.6 Å². The summed E-state index contributed by atoms with van der Waals surface area (Å²) >= 11 is 0. The number of imidazole rings is 1. The maximum absolute atomic E-state index is 13.3. The Hall–Kier alpha value is -1.91. The molecule has 78 valence electrons. The average Bonchev–Trinajstić information content (AvgIpc) is 2.57. The number of benzene rings is 1. The highest BCUT2D eigenvalue weighted by Crippen LogP contribution is 2.18. The molecule has 0 aliphatic heterocycles. The van der Waals surface area contributed by atoms with E-state index in [4.69, 9.17) is 5.11 Å². The molecule has 0 atom stereocenters. The van der Waals surface area contributed by atoms with Crippen molar-refractivity contribution in [1.29, 1.82) is 0 Å². The van der Waals surface area contributed by atoms with Gasteiger partial charge in [0.05, 0.1) is 5.52 Å². The van der Waals surface area contributed by atoms with Crippen molar-refractivity contribution in [3.63, 3.8) is 0 Å². The van der Waals surface area contributed by atoms with Gasteiger partial charge in [0, 0.05) is 6.54 Å². The first-order valence-electron chi connectivity index (χ1n) is 4.53. The summed E-state index contributed by atoms with van der Waals surface area (Å²) in [6.07, 6.45) is 0. The molecule has 0 aliphatic carbocycles. The molecule has 0 aliphatic rings. The van der Waals surface area contributed by atoms with Crippen LogP contribution in [-0.2, 0) is 6.54 Å². The largest absolute Gasteiger partial charge is 0.475 e. The molecule has 15 heavy (non-hydrogen) atoms. The fourth-order valence-corrected chi connectivity index (χ4v) is 1.60. The maximum atomic E-state index is 13.3. The van der Waals surface area contributed by atoms with Gasteiger partial charge in [-0.3, -0.25) is 0 Å². The molecule has 0 saturated heterocycles. The van der Waals surface area contributed by atoms with Crippen LogP contribution in [0.3, 0.4) is 0 Å². The number of aromatic carboxylic acids is 1. The second-order valence-corrected chi connectivity index (χ2v) is 3.09. The number of carboxylic acids is 1. The average molecular weight is 208 g/mol. The summed E-state index contributed by atoms with van der Waals surface area (Å²) in [6, 6.07) is 4.46. The minimum Gasteiger partial charge on any atom is -0.475 e. The smallest absolute Gasteiger partial charge is 0.372 e. The summed E-state index contributed by atoms with van der Waals surface area (Å²) in [4.78, 5) is 14.6. The van der Waals surface area contributed by atoms with Gasteiger partial charge in [0.2, 0.25) is 5.82 Å². The summed E-state index contributed by atoms with van der Waals surface area (Å²) in [6.45, 7) is 2.24. The van der Waals surface area contributed by atoms with Gasteiger partial charge in [-0.1, -0.05) is 6.07 Å². The van der Waals surface area contributed by atoms with Gasteiger partial charge in [0.25, 0.3) is 0 Å². The van der Waals surface area contributed by atoms with Crippen LogP contribution in [0.1, 0.15) is 17.5 Å². The third kappa shape index (κ3) is 1.36. The van der Waals surface area contributed by atoms with Crippen molar-refractivity contribution < 1.29 is 14.3 Å². The van der Waals surface area contributed by atoms with Crippen molar-refractivity contribution in [2.24, 2.45) is 0 Å². The molecule has 0 bridgehead atoms. The number of hydrogen-bond donors (Lipinski definition) is 1. The van der Waals surface area contributed by atoms with Crippen molar-refractivity contribution in [3.8, 4) is 0 Å². The lowest BCUT2D eigenvalue weighted by Crippen LogP contribution is -2.08. The Morgan fingerprint density at radius 2 is 2.33 bits per heavy atom. The molecule has 1 aromatic heterocycles. The predicted octanol–water partition coefficient (Wildman–Crippen LogP) is 1.89. The monoisotopic (exact) mass is 208 g/mol. The number of halogens is 1. The first-order chi connectivity index (χ1) is 7.15. The van der Waals surface area contributed by atoms with Gasteiger partial charge < -0.3 is 9.67 Å². The van der Waals surface area contributed by atoms with Crippen LogP contribution in [0.2, 0.25) is 0 Å². The van der Waals surface area contributed by atoms with Crippen molar-refractivity contribution in [2.45, 2.75) is 13.5 Å². The number of rotatable bonds is 2. The minimum atomic E-state index is -1.15. The molecule has 2 aromatic rings. The quantitative estimate of drug-likeness (QED) is 0.819. The normalized spacial score (nSPS) is 10.8. The Kier molecular flexibility index (Phi) is 2.15. The zero-order valence-electron chi connectivity index (χ0n) is 8.07. The van der Waals surface area contributed by atoms with E-state index in [0.717, 1.165) is 0 Å². The zero-order chi connectivity index (χ0) is 11.0. The van der Waals surface area contributed by atoms with Crippen LogP contribution in [0.25, 0.3) is 11.0 Å². The number of hydrogen-bond acceptors (Lipinski definition) is 2. The third-order valence-electron chi connectivity index (χ3n) is 2.24. The van der Waals surface area contributed by atoms with E-state index in [-0.39, 0.29) is 11.3 Å². The Balaban J connectivity index is 2.84. The molecule has 0 fully saturated rings. The van der Waals surface area contributed by atoms with Gasteiger partial charge in [0.1, 0.15) is 5.52 Å². The molecule has 0 saturated carbocycles. The molecule has 0 unspecified atom stereocenters. The van der Waals surface area contributed by atoms with E-state index in [1.165, 1.54) is 16.7 Å². The Labute approximate surface area is 85.0 Å². The molecule has 1 N–H and O–H groups in total. The second-order valence-electron chi connectivity index (χ2n) is 3.09. The molecule has 0 radical (unpaired) electrons. The standard InChI is InChI=1S/C10H9FN2O2/c1-2-13-7-5-3-4-6(11)8(7)12-9(13)10(14)15/h3-5H,2H2,1H3,(H,14,15). The van der Waals surface area contributed by atoms with E-state index >= 15 is 0 Å². The first-order valence-corrected chi connectivity index (χ1v) is 4.53. The molecule has 2 rings (SSSR count). The van der Waals surface area contributed by atoms with E-state index in [2.05, 4.69) is 4.98 Å². The lowest BCUT2D eigenvalue weighted by molar-refractivity contribution is 0.0679. The fraction of sp³-hybridized carbons (Fsp3) is 0.200. The van der Waals surface area contributed by atoms with Gasteiger partial charge in [0.15, 0.2) is 5.82 Å². The molecule has 1 aromatic carbocycles. The van der Waals surface area contributed by atoms with Crippen LogP contribution in [0.4, 0.5) is 4.39 Å². The molecule has 0 spiro atoms. The highest BCUT2D eigenvalue weighted by atomic mass is 19.1. The van der Waals surface area contributed by atoms with Crippen molar-refractivity contribution in [2.75, 3.05) is 0 Å². The highest BCUT2D eigenvalue weighted by Gasteiger charge is 2.17. The van der Waals surface area contributed by atoms with Gasteiger partial charge in [-0.2, -0.15) is 0 Å². The maximum Gasteiger partial charge on any atom is 0.372 e. The molecule has 0 amide bonds. The number of aromatic nitrogens is 2. The Morgan fingerprint density at radius 1 is 1.60 bits per heavy atom. The summed E-state index contributed by atoms with van der Waals surface area (Å²) in [5, 5.41) is 8.88. The lowest BCUT2D eigenvalue weighted by Gasteiger charge is -2.01. The third-order valence-corrected chi connectivity index (χ3v) is 2.24. The Bertz CT molecular complexity index is 533. The van der Waals surface area contributed by atoms with Crippen LogP contribution in [0.15, 0.2) is 18.2 Å². The summed E-state index contributed by atoms with van der Waals surface area (Å²) in [5.41, 5.74) is 0.617. The van der Waals surface area contributed by atoms with E-state index in [1.807, 2.05) is 0 Å². The molecule has 1 heterocycles. The van der Waals surface area contributed by atoms with Gasteiger partial charge >= 0.3 is 5.97 Å². The molecule has 5 heteroatoms. The van der Waals surface area contributed by atoms with Gasteiger partial charge in [-0.15, -0.1) is 0 Å². The number of fused-ring (bicyclic) bond motifs is 1. The number of carbonyl (C=O) groups is 1. The zero-order valence-corrected chi connectivity index (χ0v) is 8.07. The summed E-state index contributed by atoms with van der Waals surface area (Å²) in [7, 11) is 0. The van der Waals surface area contributed by atoms with E-state index < -0.39 is 11.8 Å². The molecule has 4 nitrogen and oxygen atoms in total. The second kappa shape index (κ2) is 3.34. The van der Waals surface area contributed by atoms with Crippen molar-refractivity contribution in [1.82, 2.24) is 9.55 Å². The molecular formula is C10H9FN2O2. The molecular weight excluding hydrogens is 199 g/mol. The Morgan fingerprint density at radius 3 is 2.93 bits per heavy atom. The van der Waals surface area contributed by atoms with Crippen LogP contribution < -0.4 is 0 Å². The van der Waals surface area contributed by atoms with E-state index in [1.54, 1.807) is 13.0 Å². The number of para-hydroxylation sites is 1.